The first-order valence-corrected chi connectivity index (χ1v) is 11.3. The Labute approximate surface area is 168 Å². The van der Waals surface area contributed by atoms with Gasteiger partial charge in [0, 0.05) is 14.7 Å². The van der Waals surface area contributed by atoms with Crippen molar-refractivity contribution < 1.29 is 31.3 Å². The van der Waals surface area contributed by atoms with Crippen molar-refractivity contribution in [1.29, 1.82) is 0 Å². The van der Waals surface area contributed by atoms with Crippen LogP contribution in [0.25, 0.3) is 0 Å². The summed E-state index contributed by atoms with van der Waals surface area (Å²) in [6, 6.07) is 22.4. The third-order valence-corrected chi connectivity index (χ3v) is 10.1. The highest BCUT2D eigenvalue weighted by Crippen LogP contribution is 2.78. The van der Waals surface area contributed by atoms with Gasteiger partial charge in [-0.1, -0.05) is 64.6 Å². The minimum absolute atomic E-state index is 0.0416. The monoisotopic (exact) mass is 438 g/mol. The zero-order chi connectivity index (χ0) is 21.1. The number of alkyl halides is 2. The minimum Gasteiger partial charge on any atom is -0.449 e. The van der Waals surface area contributed by atoms with Gasteiger partial charge in [-0.05, 0) is 36.4 Å². The van der Waals surface area contributed by atoms with Crippen molar-refractivity contribution >= 4 is 26.3 Å². The molecular weight excluding hydrogens is 422 g/mol. The second-order valence-electron chi connectivity index (χ2n) is 5.82. The zero-order valence-corrected chi connectivity index (χ0v) is 16.4. The SMILES string of the molecule is O=C(O)OS(=O)(=O)C(F)(F)S(c1ccccc1)(c1ccccc1)c1ccccc1. The normalized spacial score (nSPS) is 12.9. The lowest BCUT2D eigenvalue weighted by Crippen LogP contribution is -2.38. The Morgan fingerprint density at radius 2 is 1.03 bits per heavy atom. The summed E-state index contributed by atoms with van der Waals surface area (Å²) in [7, 11) is -9.68. The number of benzene rings is 3. The Morgan fingerprint density at radius 1 is 0.724 bits per heavy atom. The Bertz CT molecular complexity index is 993. The molecule has 0 radical (unpaired) electrons. The van der Waals surface area contributed by atoms with E-state index in [1.165, 1.54) is 72.8 Å². The summed E-state index contributed by atoms with van der Waals surface area (Å²) in [6.07, 6.45) is -2.33. The lowest BCUT2D eigenvalue weighted by atomic mass is 10.4. The lowest BCUT2D eigenvalue weighted by molar-refractivity contribution is 0.127. The predicted octanol–water partition coefficient (Wildman–Crippen LogP) is 5.54. The van der Waals surface area contributed by atoms with E-state index in [0.717, 1.165) is 0 Å². The van der Waals surface area contributed by atoms with E-state index in [4.69, 9.17) is 5.11 Å². The van der Waals surface area contributed by atoms with Crippen LogP contribution in [-0.2, 0) is 14.3 Å². The van der Waals surface area contributed by atoms with Crippen LogP contribution >= 0.6 is 10.0 Å². The lowest BCUT2D eigenvalue weighted by Gasteiger charge is -2.44. The van der Waals surface area contributed by atoms with E-state index in [1.807, 2.05) is 0 Å². The van der Waals surface area contributed by atoms with Crippen molar-refractivity contribution in [2.24, 2.45) is 0 Å². The van der Waals surface area contributed by atoms with E-state index in [1.54, 1.807) is 18.2 Å². The molecule has 0 bridgehead atoms. The van der Waals surface area contributed by atoms with E-state index in [2.05, 4.69) is 4.18 Å². The predicted molar refractivity (Wildman–Crippen MR) is 105 cm³/mol. The first kappa shape index (κ1) is 20.8. The number of hydrogen-bond acceptors (Lipinski definition) is 4. The van der Waals surface area contributed by atoms with Crippen LogP contribution in [0, 0.1) is 0 Å². The van der Waals surface area contributed by atoms with Crippen LogP contribution < -0.4 is 0 Å². The van der Waals surface area contributed by atoms with Crippen LogP contribution in [-0.4, -0.2) is 24.3 Å². The van der Waals surface area contributed by atoms with Gasteiger partial charge in [-0.2, -0.15) is 17.2 Å². The zero-order valence-electron chi connectivity index (χ0n) is 14.8. The molecule has 1 N–H and O–H groups in total. The molecule has 0 atom stereocenters. The second-order valence-corrected chi connectivity index (χ2v) is 10.8. The van der Waals surface area contributed by atoms with Crippen molar-refractivity contribution in [3.05, 3.63) is 91.0 Å². The molecule has 0 aliphatic carbocycles. The minimum atomic E-state index is -5.86. The molecule has 0 aliphatic heterocycles. The first-order chi connectivity index (χ1) is 13.7. The highest BCUT2D eigenvalue weighted by atomic mass is 32.3. The molecule has 3 rings (SSSR count). The summed E-state index contributed by atoms with van der Waals surface area (Å²) in [6.45, 7) is 0. The number of hydrogen-bond donors (Lipinski definition) is 1. The maximum absolute atomic E-state index is 16.0. The Hall–Kier alpha value is -2.91. The Balaban J connectivity index is 2.48. The summed E-state index contributed by atoms with van der Waals surface area (Å²) < 4.78 is 56.1. The van der Waals surface area contributed by atoms with E-state index < -0.39 is 30.9 Å². The molecule has 5 nitrogen and oxygen atoms in total. The van der Waals surface area contributed by atoms with Gasteiger partial charge in [0.2, 0.25) is 0 Å². The van der Waals surface area contributed by atoms with Crippen molar-refractivity contribution in [3.63, 3.8) is 0 Å². The van der Waals surface area contributed by atoms with Crippen molar-refractivity contribution in [2.75, 3.05) is 0 Å². The number of carboxylic acid groups (broad SMARTS) is 1. The molecule has 0 heterocycles. The van der Waals surface area contributed by atoms with Gasteiger partial charge in [0.1, 0.15) is 0 Å². The topological polar surface area (TPSA) is 80.7 Å². The van der Waals surface area contributed by atoms with Crippen LogP contribution in [0.5, 0.6) is 0 Å². The average Bonchev–Trinajstić information content (AvgIpc) is 2.70. The van der Waals surface area contributed by atoms with Gasteiger partial charge in [-0.15, -0.1) is 0 Å². The first-order valence-electron chi connectivity index (χ1n) is 8.26. The van der Waals surface area contributed by atoms with E-state index in [9.17, 15) is 13.2 Å². The molecule has 0 unspecified atom stereocenters. The number of halogens is 2. The molecule has 3 aromatic carbocycles. The number of carbonyl (C=O) groups is 1. The fourth-order valence-electron chi connectivity index (χ4n) is 2.99. The molecule has 0 spiro atoms. The highest BCUT2D eigenvalue weighted by Gasteiger charge is 2.64. The molecule has 29 heavy (non-hydrogen) atoms. The molecule has 0 aliphatic rings. The quantitative estimate of drug-likeness (QED) is 0.511. The van der Waals surface area contributed by atoms with Gasteiger partial charge >= 0.3 is 20.9 Å². The summed E-state index contributed by atoms with van der Waals surface area (Å²) in [5.74, 6) is 0. The van der Waals surface area contributed by atoms with E-state index in [-0.39, 0.29) is 14.7 Å². The van der Waals surface area contributed by atoms with Gasteiger partial charge in [0.15, 0.2) is 0 Å². The van der Waals surface area contributed by atoms with Gasteiger partial charge < -0.3 is 9.29 Å². The Morgan fingerprint density at radius 3 is 1.31 bits per heavy atom. The fourth-order valence-corrected chi connectivity index (χ4v) is 8.80. The maximum Gasteiger partial charge on any atom is 0.521 e. The van der Waals surface area contributed by atoms with Gasteiger partial charge in [-0.3, -0.25) is 0 Å². The highest BCUT2D eigenvalue weighted by molar-refractivity contribution is 8.39. The molecule has 152 valence electrons. The third-order valence-electron chi connectivity index (χ3n) is 4.12. The average molecular weight is 438 g/mol. The van der Waals surface area contributed by atoms with Crippen LogP contribution in [0.15, 0.2) is 106 Å². The third kappa shape index (κ3) is 3.47. The summed E-state index contributed by atoms with van der Waals surface area (Å²) in [4.78, 5) is 11.0. The molecule has 0 saturated heterocycles. The van der Waals surface area contributed by atoms with E-state index in [0.29, 0.717) is 0 Å². The summed E-state index contributed by atoms with van der Waals surface area (Å²) >= 11 is 0. The van der Waals surface area contributed by atoms with Gasteiger partial charge in [0.05, 0.1) is 0 Å². The van der Waals surface area contributed by atoms with Crippen LogP contribution in [0.1, 0.15) is 0 Å². The molecule has 0 amide bonds. The van der Waals surface area contributed by atoms with E-state index >= 15 is 8.78 Å². The standard InChI is InChI=1S/C20H16F2O5S2/c21-20(22,29(25,26)27-19(23)24)28(16-10-4-1-5-11-16,17-12-6-2-7-13-17)18-14-8-3-9-15-18/h1-15H,(H,23,24). The molecule has 9 heteroatoms. The number of rotatable bonds is 6. The molecule has 0 fully saturated rings. The molecular formula is C20H16F2O5S2. The van der Waals surface area contributed by atoms with Gasteiger partial charge in [-0.25, -0.2) is 4.79 Å². The largest absolute Gasteiger partial charge is 0.521 e. The Kier molecular flexibility index (Phi) is 5.63. The molecule has 0 aromatic heterocycles. The van der Waals surface area contributed by atoms with Crippen molar-refractivity contribution in [3.8, 4) is 0 Å². The van der Waals surface area contributed by atoms with Crippen LogP contribution in [0.2, 0.25) is 0 Å². The molecule has 0 saturated carbocycles. The van der Waals surface area contributed by atoms with Crippen LogP contribution in [0.3, 0.4) is 0 Å². The van der Waals surface area contributed by atoms with Crippen molar-refractivity contribution in [1.82, 2.24) is 0 Å². The maximum atomic E-state index is 16.0. The van der Waals surface area contributed by atoms with Gasteiger partial charge in [0.25, 0.3) is 0 Å². The smallest absolute Gasteiger partial charge is 0.449 e. The summed E-state index contributed by atoms with van der Waals surface area (Å²) in [5.41, 5.74) is 0. The second kappa shape index (κ2) is 7.84. The summed E-state index contributed by atoms with van der Waals surface area (Å²) in [5, 5.41) is 8.76. The van der Waals surface area contributed by atoms with Crippen molar-refractivity contribution in [2.45, 2.75) is 19.3 Å². The van der Waals surface area contributed by atoms with Crippen LogP contribution in [0.4, 0.5) is 13.6 Å². The fraction of sp³-hybridized carbons (Fsp3) is 0.0500. The molecule has 3 aromatic rings.